The third-order valence-electron chi connectivity index (χ3n) is 2.98. The summed E-state index contributed by atoms with van der Waals surface area (Å²) in [5.41, 5.74) is 1.23. The van der Waals surface area contributed by atoms with Crippen LogP contribution in [0.1, 0.15) is 12.6 Å². The lowest BCUT2D eigenvalue weighted by atomic mass is 10.3. The first-order chi connectivity index (χ1) is 11.0. The molecule has 0 radical (unpaired) electrons. The second-order valence-electron chi connectivity index (χ2n) is 4.66. The molecule has 0 fully saturated rings. The largest absolute Gasteiger partial charge is 0.449 e. The molecule has 2 aromatic rings. The Morgan fingerprint density at radius 1 is 1.52 bits per heavy atom. The van der Waals surface area contributed by atoms with E-state index in [1.54, 1.807) is 22.7 Å². The SMILES string of the molecule is C=CCNC(=O)[C@H](C)OC(=O)/C=C/c1c(Cl)nc2ccccn12. The predicted molar refractivity (Wildman–Crippen MR) is 88.0 cm³/mol. The van der Waals surface area contributed by atoms with Crippen LogP contribution in [-0.4, -0.2) is 33.9 Å². The van der Waals surface area contributed by atoms with E-state index in [0.717, 1.165) is 0 Å². The summed E-state index contributed by atoms with van der Waals surface area (Å²) in [5.74, 6) is -1.03. The van der Waals surface area contributed by atoms with E-state index in [1.165, 1.54) is 19.1 Å². The van der Waals surface area contributed by atoms with Crippen LogP contribution in [0.4, 0.5) is 0 Å². The van der Waals surface area contributed by atoms with Gasteiger partial charge < -0.3 is 10.1 Å². The number of nitrogens with one attached hydrogen (secondary N) is 1. The molecule has 0 spiro atoms. The molecular formula is C16H16ClN3O3. The molecule has 0 aromatic carbocycles. The van der Waals surface area contributed by atoms with E-state index in [1.807, 2.05) is 12.1 Å². The van der Waals surface area contributed by atoms with Gasteiger partial charge in [-0.15, -0.1) is 6.58 Å². The highest BCUT2D eigenvalue weighted by Gasteiger charge is 2.15. The van der Waals surface area contributed by atoms with Crippen LogP contribution in [0.25, 0.3) is 11.7 Å². The molecule has 0 saturated carbocycles. The van der Waals surface area contributed by atoms with Crippen molar-refractivity contribution >= 4 is 35.2 Å². The van der Waals surface area contributed by atoms with Crippen molar-refractivity contribution in [1.82, 2.24) is 14.7 Å². The summed E-state index contributed by atoms with van der Waals surface area (Å²) in [4.78, 5) is 27.6. The third-order valence-corrected chi connectivity index (χ3v) is 3.26. The van der Waals surface area contributed by atoms with E-state index in [2.05, 4.69) is 16.9 Å². The Bertz CT molecular complexity index is 767. The van der Waals surface area contributed by atoms with Gasteiger partial charge >= 0.3 is 5.97 Å². The number of carbonyl (C=O) groups excluding carboxylic acids is 2. The maximum atomic E-state index is 11.8. The number of pyridine rings is 1. The van der Waals surface area contributed by atoms with Crippen LogP contribution in [0, 0.1) is 0 Å². The van der Waals surface area contributed by atoms with Gasteiger partial charge in [-0.05, 0) is 25.1 Å². The number of esters is 1. The molecule has 0 aliphatic carbocycles. The first kappa shape index (κ1) is 16.8. The van der Waals surface area contributed by atoms with Gasteiger partial charge in [-0.25, -0.2) is 9.78 Å². The quantitative estimate of drug-likeness (QED) is 0.500. The summed E-state index contributed by atoms with van der Waals surface area (Å²) in [6, 6.07) is 5.46. The fraction of sp³-hybridized carbons (Fsp3) is 0.188. The van der Waals surface area contributed by atoms with E-state index < -0.39 is 12.1 Å². The second kappa shape index (κ2) is 7.60. The normalized spacial score (nSPS) is 12.3. The fourth-order valence-electron chi connectivity index (χ4n) is 1.87. The van der Waals surface area contributed by atoms with Crippen LogP contribution in [0.3, 0.4) is 0 Å². The number of amides is 1. The Kier molecular flexibility index (Phi) is 5.54. The molecule has 23 heavy (non-hydrogen) atoms. The first-order valence-electron chi connectivity index (χ1n) is 6.93. The van der Waals surface area contributed by atoms with Gasteiger partial charge in [0.25, 0.3) is 5.91 Å². The Morgan fingerprint density at radius 3 is 3.04 bits per heavy atom. The summed E-state index contributed by atoms with van der Waals surface area (Å²) in [5, 5.41) is 2.82. The number of hydrogen-bond acceptors (Lipinski definition) is 4. The Morgan fingerprint density at radius 2 is 2.30 bits per heavy atom. The van der Waals surface area contributed by atoms with Crippen LogP contribution >= 0.6 is 11.6 Å². The molecule has 0 aliphatic heterocycles. The van der Waals surface area contributed by atoms with Crippen molar-refractivity contribution in [2.24, 2.45) is 0 Å². The molecule has 2 heterocycles. The zero-order valence-corrected chi connectivity index (χ0v) is 13.3. The van der Waals surface area contributed by atoms with Crippen molar-refractivity contribution in [2.45, 2.75) is 13.0 Å². The summed E-state index contributed by atoms with van der Waals surface area (Å²) in [6.45, 7) is 5.29. The van der Waals surface area contributed by atoms with Crippen molar-refractivity contribution in [3.63, 3.8) is 0 Å². The van der Waals surface area contributed by atoms with E-state index in [9.17, 15) is 9.59 Å². The molecule has 0 bridgehead atoms. The number of carbonyl (C=O) groups is 2. The highest BCUT2D eigenvalue weighted by Crippen LogP contribution is 2.18. The first-order valence-corrected chi connectivity index (χ1v) is 7.30. The van der Waals surface area contributed by atoms with Crippen molar-refractivity contribution < 1.29 is 14.3 Å². The van der Waals surface area contributed by atoms with E-state index >= 15 is 0 Å². The lowest BCUT2D eigenvalue weighted by Gasteiger charge is -2.10. The van der Waals surface area contributed by atoms with Crippen molar-refractivity contribution in [1.29, 1.82) is 0 Å². The highest BCUT2D eigenvalue weighted by molar-refractivity contribution is 6.31. The lowest BCUT2D eigenvalue weighted by molar-refractivity contribution is -0.150. The Labute approximate surface area is 138 Å². The molecule has 0 unspecified atom stereocenters. The number of hydrogen-bond donors (Lipinski definition) is 1. The number of ether oxygens (including phenoxy) is 1. The molecule has 1 atom stereocenters. The minimum Gasteiger partial charge on any atom is -0.449 e. The Balaban J connectivity index is 2.04. The smallest absolute Gasteiger partial charge is 0.331 e. The van der Waals surface area contributed by atoms with Crippen molar-refractivity contribution in [2.75, 3.05) is 6.54 Å². The second-order valence-corrected chi connectivity index (χ2v) is 5.02. The van der Waals surface area contributed by atoms with Crippen molar-refractivity contribution in [3.8, 4) is 0 Å². The molecule has 0 saturated heterocycles. The van der Waals surface area contributed by atoms with Crippen LogP contribution in [0.15, 0.2) is 43.1 Å². The number of aromatic nitrogens is 2. The van der Waals surface area contributed by atoms with Gasteiger partial charge in [-0.1, -0.05) is 23.7 Å². The number of halogens is 1. The zero-order chi connectivity index (χ0) is 16.8. The highest BCUT2D eigenvalue weighted by atomic mass is 35.5. The standard InChI is InChI=1S/C16H16ClN3O3/c1-3-9-18-16(22)11(2)23-14(21)8-7-12-15(17)19-13-6-4-5-10-20(12)13/h3-8,10-11H,1,9H2,2H3,(H,18,22)/b8-7+/t11-/m0/s1. The molecule has 1 amide bonds. The summed E-state index contributed by atoms with van der Waals surface area (Å²) < 4.78 is 6.76. The van der Waals surface area contributed by atoms with Gasteiger partial charge in [0.05, 0.1) is 5.69 Å². The average Bonchev–Trinajstić information content (AvgIpc) is 2.85. The lowest BCUT2D eigenvalue weighted by Crippen LogP contribution is -2.35. The maximum Gasteiger partial charge on any atom is 0.331 e. The number of fused-ring (bicyclic) bond motifs is 1. The average molecular weight is 334 g/mol. The molecule has 7 heteroatoms. The topological polar surface area (TPSA) is 72.7 Å². The summed E-state index contributed by atoms with van der Waals surface area (Å²) in [6.07, 6.45) is 5.13. The summed E-state index contributed by atoms with van der Waals surface area (Å²) >= 11 is 6.06. The molecule has 2 rings (SSSR count). The molecule has 0 aliphatic rings. The fourth-order valence-corrected chi connectivity index (χ4v) is 2.11. The Hall–Kier alpha value is -2.60. The minimum atomic E-state index is -0.898. The number of rotatable bonds is 6. The number of imidazole rings is 1. The van der Waals surface area contributed by atoms with Gasteiger partial charge in [0.2, 0.25) is 0 Å². The van der Waals surface area contributed by atoms with E-state index in [4.69, 9.17) is 16.3 Å². The monoisotopic (exact) mass is 333 g/mol. The van der Waals surface area contributed by atoms with Gasteiger partial charge in [0.15, 0.2) is 11.3 Å². The van der Waals surface area contributed by atoms with Gasteiger partial charge in [-0.2, -0.15) is 0 Å². The number of nitrogens with zero attached hydrogens (tertiary/aromatic N) is 2. The molecule has 6 nitrogen and oxygen atoms in total. The van der Waals surface area contributed by atoms with E-state index in [-0.39, 0.29) is 11.1 Å². The maximum absolute atomic E-state index is 11.8. The van der Waals surface area contributed by atoms with Gasteiger partial charge in [-0.3, -0.25) is 9.20 Å². The van der Waals surface area contributed by atoms with Crippen LogP contribution < -0.4 is 5.32 Å². The van der Waals surface area contributed by atoms with Gasteiger partial charge in [0, 0.05) is 18.8 Å². The minimum absolute atomic E-state index is 0.275. The summed E-state index contributed by atoms with van der Waals surface area (Å²) in [7, 11) is 0. The van der Waals surface area contributed by atoms with Crippen LogP contribution in [0.5, 0.6) is 0 Å². The zero-order valence-electron chi connectivity index (χ0n) is 12.5. The van der Waals surface area contributed by atoms with Crippen LogP contribution in [-0.2, 0) is 14.3 Å². The molecule has 1 N–H and O–H groups in total. The molecule has 2 aromatic heterocycles. The van der Waals surface area contributed by atoms with Crippen molar-refractivity contribution in [3.05, 3.63) is 54.0 Å². The predicted octanol–water partition coefficient (Wildman–Crippen LogP) is 2.23. The van der Waals surface area contributed by atoms with Gasteiger partial charge in [0.1, 0.15) is 5.65 Å². The molecular weight excluding hydrogens is 318 g/mol. The van der Waals surface area contributed by atoms with E-state index in [0.29, 0.717) is 17.9 Å². The molecule has 120 valence electrons. The van der Waals surface area contributed by atoms with Crippen LogP contribution in [0.2, 0.25) is 5.15 Å². The third kappa shape index (κ3) is 4.20.